The summed E-state index contributed by atoms with van der Waals surface area (Å²) < 4.78 is 47.6. The third kappa shape index (κ3) is 5.50. The maximum absolute atomic E-state index is 16.4. The molecule has 1 amide bonds. The number of carbonyl (C=O) groups excluding carboxylic acids is 1. The van der Waals surface area contributed by atoms with Gasteiger partial charge in [-0.1, -0.05) is 35.9 Å². The van der Waals surface area contributed by atoms with Gasteiger partial charge >= 0.3 is 12.1 Å². The molecule has 2 aliphatic rings. The lowest BCUT2D eigenvalue weighted by atomic mass is 10.0. The summed E-state index contributed by atoms with van der Waals surface area (Å²) in [6.45, 7) is 8.00. The number of hydrogen-bond donors (Lipinski definition) is 0. The number of anilines is 1. The van der Waals surface area contributed by atoms with Gasteiger partial charge in [-0.2, -0.15) is 9.97 Å². The zero-order valence-corrected chi connectivity index (χ0v) is 24.3. The van der Waals surface area contributed by atoms with Crippen molar-refractivity contribution in [1.82, 2.24) is 19.9 Å². The summed E-state index contributed by atoms with van der Waals surface area (Å²) in [5, 5.41) is 1.28. The third-order valence-corrected chi connectivity index (χ3v) is 7.63. The Labute approximate surface area is 246 Å². The van der Waals surface area contributed by atoms with E-state index in [0.29, 0.717) is 60.3 Å². The van der Waals surface area contributed by atoms with E-state index in [1.54, 1.807) is 29.2 Å². The standard InChI is InChI=1S/C30H30ClF2N5O4/c1-30(2,3)42-29(39)38-12-10-37(11-13-38)27-20-15-34-25(19-6-4-5-17-7-8-21(32)23(31)22(17)19)24(33)26(20)35-28(36-27)41-16-18-9-14-40-18/h4-8,15,18H,9-14,16H2,1-3H3. The number of aromatic nitrogens is 3. The second-order valence-corrected chi connectivity index (χ2v) is 11.7. The Morgan fingerprint density at radius 1 is 1.12 bits per heavy atom. The van der Waals surface area contributed by atoms with Crippen LogP contribution in [0.3, 0.4) is 0 Å². The highest BCUT2D eigenvalue weighted by Crippen LogP contribution is 2.38. The molecule has 2 aromatic heterocycles. The van der Waals surface area contributed by atoms with E-state index in [4.69, 9.17) is 25.8 Å². The van der Waals surface area contributed by atoms with Gasteiger partial charge in [-0.3, -0.25) is 4.98 Å². The second kappa shape index (κ2) is 11.1. The van der Waals surface area contributed by atoms with Crippen molar-refractivity contribution in [2.75, 3.05) is 44.3 Å². The Hall–Kier alpha value is -3.83. The minimum atomic E-state index is -0.707. The number of hydrogen-bond acceptors (Lipinski definition) is 8. The second-order valence-electron chi connectivity index (χ2n) is 11.3. The van der Waals surface area contributed by atoms with Crippen LogP contribution in [0.4, 0.5) is 19.4 Å². The molecule has 2 fully saturated rings. The summed E-state index contributed by atoms with van der Waals surface area (Å²) in [6, 6.07) is 8.02. The highest BCUT2D eigenvalue weighted by Gasteiger charge is 2.29. The van der Waals surface area contributed by atoms with E-state index >= 15 is 4.39 Å². The molecular formula is C30H30ClF2N5O4. The van der Waals surface area contributed by atoms with Crippen molar-refractivity contribution in [2.45, 2.75) is 38.9 Å². The molecular weight excluding hydrogens is 568 g/mol. The molecule has 12 heteroatoms. The molecule has 0 aliphatic carbocycles. The lowest BCUT2D eigenvalue weighted by Gasteiger charge is -2.36. The fourth-order valence-corrected chi connectivity index (χ4v) is 5.31. The average molecular weight is 598 g/mol. The minimum Gasteiger partial charge on any atom is -0.461 e. The van der Waals surface area contributed by atoms with Gasteiger partial charge < -0.3 is 24.0 Å². The highest BCUT2D eigenvalue weighted by atomic mass is 35.5. The monoisotopic (exact) mass is 597 g/mol. The first-order valence-electron chi connectivity index (χ1n) is 13.8. The normalized spacial score (nSPS) is 17.4. The number of halogens is 3. The van der Waals surface area contributed by atoms with E-state index in [1.165, 1.54) is 12.3 Å². The maximum Gasteiger partial charge on any atom is 0.410 e. The van der Waals surface area contributed by atoms with Crippen LogP contribution in [0, 0.1) is 11.6 Å². The Kier molecular flexibility index (Phi) is 7.48. The number of rotatable bonds is 5. The van der Waals surface area contributed by atoms with E-state index < -0.39 is 17.2 Å². The van der Waals surface area contributed by atoms with Crippen molar-refractivity contribution in [1.29, 1.82) is 0 Å². The summed E-state index contributed by atoms with van der Waals surface area (Å²) in [6.07, 6.45) is 1.90. The van der Waals surface area contributed by atoms with Crippen molar-refractivity contribution in [3.8, 4) is 17.3 Å². The summed E-state index contributed by atoms with van der Waals surface area (Å²) in [4.78, 5) is 29.7. The predicted molar refractivity (Wildman–Crippen MR) is 155 cm³/mol. The Bertz CT molecular complexity index is 1670. The largest absolute Gasteiger partial charge is 0.461 e. The van der Waals surface area contributed by atoms with Crippen molar-refractivity contribution >= 4 is 45.2 Å². The number of piperazine rings is 1. The topological polar surface area (TPSA) is 89.9 Å². The molecule has 2 aromatic carbocycles. The lowest BCUT2D eigenvalue weighted by molar-refractivity contribution is -0.0733. The molecule has 0 spiro atoms. The first-order chi connectivity index (χ1) is 20.1. The zero-order chi connectivity index (χ0) is 29.6. The fourth-order valence-electron chi connectivity index (χ4n) is 5.03. The van der Waals surface area contributed by atoms with E-state index in [0.717, 1.165) is 6.42 Å². The Morgan fingerprint density at radius 3 is 2.57 bits per heavy atom. The fraction of sp³-hybridized carbons (Fsp3) is 0.400. The molecule has 42 heavy (non-hydrogen) atoms. The van der Waals surface area contributed by atoms with Crippen LogP contribution in [0.25, 0.3) is 32.9 Å². The quantitative estimate of drug-likeness (QED) is 0.277. The van der Waals surface area contributed by atoms with Gasteiger partial charge in [0.2, 0.25) is 0 Å². The Morgan fingerprint density at radius 2 is 1.88 bits per heavy atom. The first-order valence-corrected chi connectivity index (χ1v) is 14.2. The maximum atomic E-state index is 16.4. The molecule has 6 rings (SSSR count). The summed E-state index contributed by atoms with van der Waals surface area (Å²) in [5.41, 5.74) is -0.274. The summed E-state index contributed by atoms with van der Waals surface area (Å²) >= 11 is 6.34. The molecule has 0 saturated carbocycles. The molecule has 2 saturated heterocycles. The molecule has 4 heterocycles. The molecule has 9 nitrogen and oxygen atoms in total. The number of carbonyl (C=O) groups is 1. The SMILES string of the molecule is CC(C)(C)OC(=O)N1CCN(c2nc(OCC3CCO3)nc3c(F)c(-c4cccc5ccc(F)c(Cl)c45)ncc23)CC1. The van der Waals surface area contributed by atoms with Crippen molar-refractivity contribution in [3.05, 3.63) is 53.2 Å². The van der Waals surface area contributed by atoms with Crippen LogP contribution in [0.15, 0.2) is 36.5 Å². The van der Waals surface area contributed by atoms with Gasteiger partial charge in [0.25, 0.3) is 0 Å². The van der Waals surface area contributed by atoms with Crippen molar-refractivity contribution in [3.63, 3.8) is 0 Å². The number of fused-ring (bicyclic) bond motifs is 2. The first kappa shape index (κ1) is 28.3. The van der Waals surface area contributed by atoms with Crippen LogP contribution < -0.4 is 9.64 Å². The van der Waals surface area contributed by atoms with Gasteiger partial charge in [0.1, 0.15) is 35.1 Å². The molecule has 0 radical (unpaired) electrons. The van der Waals surface area contributed by atoms with E-state index in [2.05, 4.69) is 15.0 Å². The van der Waals surface area contributed by atoms with Gasteiger partial charge in [0.05, 0.1) is 16.5 Å². The molecule has 2 aliphatic heterocycles. The molecule has 1 unspecified atom stereocenters. The van der Waals surface area contributed by atoms with Crippen LogP contribution in [0.5, 0.6) is 6.01 Å². The van der Waals surface area contributed by atoms with E-state index in [-0.39, 0.29) is 41.0 Å². The summed E-state index contributed by atoms with van der Waals surface area (Å²) in [7, 11) is 0. The number of ether oxygens (including phenoxy) is 3. The number of pyridine rings is 1. The number of benzene rings is 2. The van der Waals surface area contributed by atoms with Crippen LogP contribution in [0.2, 0.25) is 5.02 Å². The Balaban J connectivity index is 1.39. The van der Waals surface area contributed by atoms with Gasteiger partial charge in [0, 0.05) is 56.4 Å². The highest BCUT2D eigenvalue weighted by molar-refractivity contribution is 6.36. The van der Waals surface area contributed by atoms with Gasteiger partial charge in [0.15, 0.2) is 5.82 Å². The van der Waals surface area contributed by atoms with Crippen LogP contribution in [-0.4, -0.2) is 77.0 Å². The number of nitrogens with zero attached hydrogens (tertiary/aromatic N) is 5. The zero-order valence-electron chi connectivity index (χ0n) is 23.5. The lowest BCUT2D eigenvalue weighted by Crippen LogP contribution is -2.50. The van der Waals surface area contributed by atoms with Gasteiger partial charge in [-0.05, 0) is 32.2 Å². The number of amides is 1. The summed E-state index contributed by atoms with van der Waals surface area (Å²) in [5.74, 6) is -0.878. The molecule has 0 N–H and O–H groups in total. The smallest absolute Gasteiger partial charge is 0.410 e. The van der Waals surface area contributed by atoms with Crippen LogP contribution >= 0.6 is 11.6 Å². The predicted octanol–water partition coefficient (Wildman–Crippen LogP) is 6.00. The van der Waals surface area contributed by atoms with Gasteiger partial charge in [-0.25, -0.2) is 13.6 Å². The molecule has 1 atom stereocenters. The van der Waals surface area contributed by atoms with Crippen molar-refractivity contribution in [2.24, 2.45) is 0 Å². The molecule has 220 valence electrons. The average Bonchev–Trinajstić information content (AvgIpc) is 2.93. The minimum absolute atomic E-state index is 0.000573. The van der Waals surface area contributed by atoms with E-state index in [9.17, 15) is 9.18 Å². The van der Waals surface area contributed by atoms with Crippen molar-refractivity contribution < 1.29 is 27.8 Å². The van der Waals surface area contributed by atoms with Crippen LogP contribution in [0.1, 0.15) is 27.2 Å². The van der Waals surface area contributed by atoms with Gasteiger partial charge in [-0.15, -0.1) is 0 Å². The third-order valence-electron chi connectivity index (χ3n) is 7.26. The van der Waals surface area contributed by atoms with E-state index in [1.807, 2.05) is 25.7 Å². The molecule has 0 bridgehead atoms. The van der Waals surface area contributed by atoms with Crippen LogP contribution in [-0.2, 0) is 9.47 Å². The molecule has 4 aromatic rings.